The quantitative estimate of drug-likeness (QED) is 0.423. The first-order chi connectivity index (χ1) is 15.0. The number of hydrogen-bond acceptors (Lipinski definition) is 6. The number of H-pyrrole nitrogens is 1. The Morgan fingerprint density at radius 1 is 1.19 bits per heavy atom. The molecule has 0 saturated heterocycles. The number of amides is 1. The zero-order valence-corrected chi connectivity index (χ0v) is 19.7. The molecule has 0 spiro atoms. The summed E-state index contributed by atoms with van der Waals surface area (Å²) in [6.07, 6.45) is 6.93. The summed E-state index contributed by atoms with van der Waals surface area (Å²) < 4.78 is 25.9. The van der Waals surface area contributed by atoms with Gasteiger partial charge in [-0.2, -0.15) is 13.5 Å². The van der Waals surface area contributed by atoms with Crippen LogP contribution in [-0.2, 0) is 27.8 Å². The van der Waals surface area contributed by atoms with E-state index in [9.17, 15) is 18.0 Å². The summed E-state index contributed by atoms with van der Waals surface area (Å²) in [6, 6.07) is 7.72. The van der Waals surface area contributed by atoms with Crippen LogP contribution < -0.4 is 10.9 Å². The van der Waals surface area contributed by atoms with Crippen LogP contribution in [0.5, 0.6) is 0 Å². The summed E-state index contributed by atoms with van der Waals surface area (Å²) in [5.41, 5.74) is 4.36. The van der Waals surface area contributed by atoms with E-state index in [2.05, 4.69) is 20.4 Å². The molecule has 0 saturated carbocycles. The van der Waals surface area contributed by atoms with Crippen LogP contribution in [0.2, 0.25) is 0 Å². The van der Waals surface area contributed by atoms with Crippen LogP contribution in [0.15, 0.2) is 29.1 Å². The highest BCUT2D eigenvalue weighted by molar-refractivity contribution is 7.85. The molecule has 3 rings (SSSR count). The van der Waals surface area contributed by atoms with Crippen molar-refractivity contribution < 1.29 is 17.8 Å². The highest BCUT2D eigenvalue weighted by Gasteiger charge is 2.19. The van der Waals surface area contributed by atoms with Gasteiger partial charge in [0, 0.05) is 23.2 Å². The van der Waals surface area contributed by atoms with E-state index in [1.165, 1.54) is 0 Å². The maximum atomic E-state index is 12.2. The van der Waals surface area contributed by atoms with E-state index in [-0.39, 0.29) is 11.5 Å². The number of benzene rings is 1. The number of rotatable bonds is 7. The molecule has 0 aliphatic heterocycles. The lowest BCUT2D eigenvalue weighted by molar-refractivity contribution is -0.116. The minimum atomic E-state index is -3.67. The molecule has 9 nitrogen and oxygen atoms in total. The van der Waals surface area contributed by atoms with Gasteiger partial charge in [-0.1, -0.05) is 12.1 Å². The predicted octanol–water partition coefficient (Wildman–Crippen LogP) is 2.49. The lowest BCUT2D eigenvalue weighted by atomic mass is 9.90. The molecule has 0 radical (unpaired) electrons. The minimum absolute atomic E-state index is 0.0300. The van der Waals surface area contributed by atoms with Gasteiger partial charge in [-0.15, -0.1) is 0 Å². The van der Waals surface area contributed by atoms with Gasteiger partial charge in [0.25, 0.3) is 15.7 Å². The Morgan fingerprint density at radius 2 is 1.84 bits per heavy atom. The molecule has 1 aliphatic rings. The van der Waals surface area contributed by atoms with Crippen LogP contribution in [-0.4, -0.2) is 60.9 Å². The molecular formula is C22H32N4O5S. The molecule has 1 aliphatic carbocycles. The van der Waals surface area contributed by atoms with Crippen molar-refractivity contribution in [2.45, 2.75) is 44.9 Å². The number of aromatic nitrogens is 2. The molecule has 0 atom stereocenters. The Hall–Kier alpha value is -2.56. The van der Waals surface area contributed by atoms with Gasteiger partial charge in [0.2, 0.25) is 5.91 Å². The molecule has 1 heterocycles. The number of nitrogens with zero attached hydrogens (tertiary/aromatic N) is 2. The Labute approximate surface area is 189 Å². The number of hydrogen-bond donors (Lipinski definition) is 3. The molecule has 10 heteroatoms. The summed E-state index contributed by atoms with van der Waals surface area (Å²) in [7, 11) is 0.407. The second-order valence-corrected chi connectivity index (χ2v) is 9.65. The second kappa shape index (κ2) is 11.9. The number of anilines is 1. The molecule has 176 valence electrons. The molecule has 1 aromatic carbocycles. The molecular weight excluding hydrogens is 432 g/mol. The van der Waals surface area contributed by atoms with Gasteiger partial charge < -0.3 is 10.2 Å². The van der Waals surface area contributed by atoms with Crippen LogP contribution in [0, 0.1) is 0 Å². The van der Waals surface area contributed by atoms with E-state index in [4.69, 9.17) is 4.55 Å². The van der Waals surface area contributed by atoms with E-state index >= 15 is 0 Å². The highest BCUT2D eigenvalue weighted by Crippen LogP contribution is 2.29. The SMILES string of the molecule is CN(C)CCCCC(=O)Nc1cccc(-c2n[nH]c(=O)c3c2CCCC3)c1.CS(=O)(=O)O. The van der Waals surface area contributed by atoms with Gasteiger partial charge in [0.1, 0.15) is 0 Å². The average Bonchev–Trinajstić information content (AvgIpc) is 2.71. The normalized spacial score (nSPS) is 13.2. The van der Waals surface area contributed by atoms with Crippen LogP contribution in [0.4, 0.5) is 5.69 Å². The highest BCUT2D eigenvalue weighted by atomic mass is 32.2. The zero-order valence-electron chi connectivity index (χ0n) is 18.8. The number of fused-ring (bicyclic) bond motifs is 1. The first-order valence-electron chi connectivity index (χ1n) is 10.6. The number of aromatic amines is 1. The van der Waals surface area contributed by atoms with Crippen LogP contribution in [0.3, 0.4) is 0 Å². The summed E-state index contributed by atoms with van der Waals surface area (Å²) in [5, 5.41) is 9.92. The summed E-state index contributed by atoms with van der Waals surface area (Å²) in [6.45, 7) is 0.992. The third-order valence-corrected chi connectivity index (χ3v) is 4.98. The minimum Gasteiger partial charge on any atom is -0.326 e. The molecule has 0 bridgehead atoms. The number of carbonyl (C=O) groups excluding carboxylic acids is 1. The Kier molecular flexibility index (Phi) is 9.55. The van der Waals surface area contributed by atoms with Gasteiger partial charge in [-0.3, -0.25) is 14.1 Å². The topological polar surface area (TPSA) is 132 Å². The lowest BCUT2D eigenvalue weighted by Gasteiger charge is -2.17. The van der Waals surface area contributed by atoms with Gasteiger partial charge >= 0.3 is 0 Å². The van der Waals surface area contributed by atoms with Crippen LogP contribution in [0.25, 0.3) is 11.3 Å². The fraction of sp³-hybridized carbons (Fsp3) is 0.500. The molecule has 0 unspecified atom stereocenters. The second-order valence-electron chi connectivity index (χ2n) is 8.19. The van der Waals surface area contributed by atoms with Gasteiger partial charge in [0.15, 0.2) is 0 Å². The Balaban J connectivity index is 0.000000654. The molecule has 0 fully saturated rings. The van der Waals surface area contributed by atoms with Crippen molar-refractivity contribution >= 4 is 21.7 Å². The monoisotopic (exact) mass is 464 g/mol. The molecule has 1 amide bonds. The molecule has 2 aromatic rings. The Morgan fingerprint density at radius 3 is 2.50 bits per heavy atom. The molecule has 1 aromatic heterocycles. The molecule has 32 heavy (non-hydrogen) atoms. The maximum Gasteiger partial charge on any atom is 0.267 e. The van der Waals surface area contributed by atoms with E-state index in [0.29, 0.717) is 12.7 Å². The van der Waals surface area contributed by atoms with Gasteiger partial charge in [-0.25, -0.2) is 5.10 Å². The van der Waals surface area contributed by atoms with Crippen molar-refractivity contribution in [1.29, 1.82) is 0 Å². The number of carbonyl (C=O) groups is 1. The third kappa shape index (κ3) is 8.89. The number of nitrogens with one attached hydrogen (secondary N) is 2. The fourth-order valence-electron chi connectivity index (χ4n) is 3.58. The predicted molar refractivity (Wildman–Crippen MR) is 125 cm³/mol. The van der Waals surface area contributed by atoms with E-state index < -0.39 is 10.1 Å². The first-order valence-corrected chi connectivity index (χ1v) is 12.5. The average molecular weight is 465 g/mol. The Bertz CT molecular complexity index is 1070. The van der Waals surface area contributed by atoms with Crippen molar-refractivity contribution in [2.75, 3.05) is 32.2 Å². The van der Waals surface area contributed by atoms with Gasteiger partial charge in [-0.05, 0) is 76.9 Å². The van der Waals surface area contributed by atoms with E-state index in [1.54, 1.807) is 0 Å². The summed E-state index contributed by atoms with van der Waals surface area (Å²) >= 11 is 0. The third-order valence-electron chi connectivity index (χ3n) is 4.98. The first kappa shape index (κ1) is 25.7. The van der Waals surface area contributed by atoms with E-state index in [0.717, 1.165) is 73.1 Å². The fourth-order valence-corrected chi connectivity index (χ4v) is 3.58. The van der Waals surface area contributed by atoms with Crippen molar-refractivity contribution in [3.63, 3.8) is 0 Å². The maximum absolute atomic E-state index is 12.2. The molecule has 3 N–H and O–H groups in total. The standard InChI is InChI=1S/C21H28N4O2.CH4O3S/c1-25(2)13-6-5-12-19(26)22-16-9-7-8-15(14-16)20-17-10-3-4-11-18(17)21(27)24-23-20;1-5(2,3)4/h7-9,14H,3-6,10-13H2,1-2H3,(H,22,26)(H,24,27);1H3,(H,2,3,4). The van der Waals surface area contributed by atoms with Crippen molar-refractivity contribution in [3.8, 4) is 11.3 Å². The van der Waals surface area contributed by atoms with Gasteiger partial charge in [0.05, 0.1) is 11.9 Å². The number of unbranched alkanes of at least 4 members (excludes halogenated alkanes) is 1. The zero-order chi connectivity index (χ0) is 23.7. The van der Waals surface area contributed by atoms with Crippen LogP contribution in [0.1, 0.15) is 43.2 Å². The van der Waals surface area contributed by atoms with Crippen molar-refractivity contribution in [1.82, 2.24) is 15.1 Å². The van der Waals surface area contributed by atoms with Crippen LogP contribution >= 0.6 is 0 Å². The van der Waals surface area contributed by atoms with Crippen molar-refractivity contribution in [2.24, 2.45) is 0 Å². The van der Waals surface area contributed by atoms with Crippen molar-refractivity contribution in [3.05, 3.63) is 45.7 Å². The summed E-state index contributed by atoms with van der Waals surface area (Å²) in [4.78, 5) is 26.4. The largest absolute Gasteiger partial charge is 0.326 e. The van der Waals surface area contributed by atoms with E-state index in [1.807, 2.05) is 38.4 Å². The summed E-state index contributed by atoms with van der Waals surface area (Å²) in [5.74, 6) is 0.0300. The lowest BCUT2D eigenvalue weighted by Crippen LogP contribution is -2.21. The smallest absolute Gasteiger partial charge is 0.267 e.